The van der Waals surface area contributed by atoms with Gasteiger partial charge in [0.05, 0.1) is 14.9 Å². The maximum atomic E-state index is 10.6. The number of nitro groups is 1. The number of nitrogens with zero attached hydrogens (tertiary/aromatic N) is 1. The second-order valence-electron chi connectivity index (χ2n) is 2.58. The zero-order chi connectivity index (χ0) is 10.7. The smallest absolute Gasteiger partial charge is 0.308 e. The minimum atomic E-state index is -1.07. The third-order valence-corrected chi connectivity index (χ3v) is 2.47. The Bertz CT molecular complexity index is 391. The summed E-state index contributed by atoms with van der Waals surface area (Å²) >= 11 is 1.81. The summed E-state index contributed by atoms with van der Waals surface area (Å²) in [4.78, 5) is 20.5. The predicted molar refractivity (Wildman–Crippen MR) is 57.2 cm³/mol. The first kappa shape index (κ1) is 10.9. The molecule has 74 valence electrons. The highest BCUT2D eigenvalue weighted by Crippen LogP contribution is 2.25. The minimum Gasteiger partial charge on any atom is -0.481 e. The van der Waals surface area contributed by atoms with Crippen molar-refractivity contribution in [2.45, 2.75) is 6.42 Å². The lowest BCUT2D eigenvalue weighted by molar-refractivity contribution is -0.386. The van der Waals surface area contributed by atoms with E-state index in [2.05, 4.69) is 0 Å². The van der Waals surface area contributed by atoms with Gasteiger partial charge in [-0.3, -0.25) is 14.9 Å². The summed E-state index contributed by atoms with van der Waals surface area (Å²) in [6.07, 6.45) is -0.326. The van der Waals surface area contributed by atoms with Crippen LogP contribution >= 0.6 is 22.6 Å². The number of benzene rings is 1. The first-order valence-corrected chi connectivity index (χ1v) is 4.74. The molecule has 0 aliphatic carbocycles. The molecule has 0 radical (unpaired) electrons. The minimum absolute atomic E-state index is 0.115. The van der Waals surface area contributed by atoms with Gasteiger partial charge in [0.15, 0.2) is 0 Å². The van der Waals surface area contributed by atoms with Crippen molar-refractivity contribution in [2.75, 3.05) is 0 Å². The molecule has 1 rings (SSSR count). The highest BCUT2D eigenvalue weighted by Gasteiger charge is 2.19. The molecular formula is C8H6INO4. The van der Waals surface area contributed by atoms with Crippen LogP contribution in [0.25, 0.3) is 0 Å². The zero-order valence-electron chi connectivity index (χ0n) is 6.94. The van der Waals surface area contributed by atoms with E-state index in [1.807, 2.05) is 22.6 Å². The van der Waals surface area contributed by atoms with Crippen molar-refractivity contribution in [3.05, 3.63) is 37.4 Å². The molecule has 0 aliphatic heterocycles. The second kappa shape index (κ2) is 4.36. The first-order chi connectivity index (χ1) is 6.52. The van der Waals surface area contributed by atoms with Gasteiger partial charge in [0.1, 0.15) is 0 Å². The van der Waals surface area contributed by atoms with Crippen LogP contribution in [0.2, 0.25) is 0 Å². The van der Waals surface area contributed by atoms with Crippen LogP contribution in [0.5, 0.6) is 0 Å². The monoisotopic (exact) mass is 307 g/mol. The number of hydrogen-bond donors (Lipinski definition) is 1. The van der Waals surface area contributed by atoms with Gasteiger partial charge in [0, 0.05) is 5.56 Å². The zero-order valence-corrected chi connectivity index (χ0v) is 9.09. The van der Waals surface area contributed by atoms with Gasteiger partial charge >= 0.3 is 5.97 Å². The number of aliphatic carboxylic acids is 1. The van der Waals surface area contributed by atoms with Crippen molar-refractivity contribution in [3.8, 4) is 0 Å². The molecule has 6 heteroatoms. The van der Waals surface area contributed by atoms with E-state index in [0.717, 1.165) is 0 Å². The SMILES string of the molecule is O=C(O)Cc1cccc(I)c1[N+](=O)[O-]. The molecular weight excluding hydrogens is 301 g/mol. The summed E-state index contributed by atoms with van der Waals surface area (Å²) in [6.45, 7) is 0. The molecule has 1 N–H and O–H groups in total. The van der Waals surface area contributed by atoms with E-state index in [4.69, 9.17) is 5.11 Å². The van der Waals surface area contributed by atoms with Gasteiger partial charge in [-0.1, -0.05) is 12.1 Å². The molecule has 0 atom stereocenters. The molecule has 5 nitrogen and oxygen atoms in total. The van der Waals surface area contributed by atoms with Crippen molar-refractivity contribution in [3.63, 3.8) is 0 Å². The van der Waals surface area contributed by atoms with Crippen molar-refractivity contribution in [1.29, 1.82) is 0 Å². The Kier molecular flexibility index (Phi) is 3.39. The summed E-state index contributed by atoms with van der Waals surface area (Å²) in [5.41, 5.74) is 0.116. The number of carboxylic acid groups (broad SMARTS) is 1. The van der Waals surface area contributed by atoms with Crippen LogP contribution in [0.1, 0.15) is 5.56 Å². The van der Waals surface area contributed by atoms with Gasteiger partial charge in [-0.2, -0.15) is 0 Å². The predicted octanol–water partition coefficient (Wildman–Crippen LogP) is 1.83. The average molecular weight is 307 g/mol. The largest absolute Gasteiger partial charge is 0.481 e. The van der Waals surface area contributed by atoms with E-state index in [-0.39, 0.29) is 17.7 Å². The quantitative estimate of drug-likeness (QED) is 0.525. The fourth-order valence-corrected chi connectivity index (χ4v) is 1.82. The first-order valence-electron chi connectivity index (χ1n) is 3.66. The van der Waals surface area contributed by atoms with E-state index in [0.29, 0.717) is 3.57 Å². The Morgan fingerprint density at radius 2 is 2.21 bits per heavy atom. The Morgan fingerprint density at radius 1 is 1.57 bits per heavy atom. The summed E-state index contributed by atoms with van der Waals surface area (Å²) in [7, 11) is 0. The number of carboxylic acids is 1. The van der Waals surface area contributed by atoms with Crippen LogP contribution in [-0.2, 0) is 11.2 Å². The molecule has 0 fully saturated rings. The maximum absolute atomic E-state index is 10.6. The number of hydrogen-bond acceptors (Lipinski definition) is 3. The molecule has 1 aromatic carbocycles. The lowest BCUT2D eigenvalue weighted by Gasteiger charge is -2.00. The third kappa shape index (κ3) is 2.41. The molecule has 0 aliphatic rings. The molecule has 1 aromatic rings. The van der Waals surface area contributed by atoms with Gasteiger partial charge < -0.3 is 5.11 Å². The number of nitro benzene ring substituents is 1. The summed E-state index contributed by atoms with van der Waals surface area (Å²) < 4.78 is 0.450. The van der Waals surface area contributed by atoms with Gasteiger partial charge in [-0.25, -0.2) is 0 Å². The van der Waals surface area contributed by atoms with E-state index in [1.54, 1.807) is 12.1 Å². The summed E-state index contributed by atoms with van der Waals surface area (Å²) in [6, 6.07) is 4.63. The molecule has 14 heavy (non-hydrogen) atoms. The van der Waals surface area contributed by atoms with Crippen LogP contribution in [0, 0.1) is 13.7 Å². The van der Waals surface area contributed by atoms with Crippen LogP contribution in [0.3, 0.4) is 0 Å². The van der Waals surface area contributed by atoms with E-state index >= 15 is 0 Å². The topological polar surface area (TPSA) is 80.4 Å². The lowest BCUT2D eigenvalue weighted by atomic mass is 10.1. The van der Waals surface area contributed by atoms with Crippen LogP contribution in [0.15, 0.2) is 18.2 Å². The number of carbonyl (C=O) groups is 1. The Morgan fingerprint density at radius 3 is 2.71 bits per heavy atom. The Balaban J connectivity index is 3.21. The standard InChI is InChI=1S/C8H6INO4/c9-6-3-1-2-5(4-7(11)12)8(6)10(13)14/h1-3H,4H2,(H,11,12). The molecule has 0 aromatic heterocycles. The van der Waals surface area contributed by atoms with Gasteiger partial charge in [0.25, 0.3) is 5.69 Å². The fourth-order valence-electron chi connectivity index (χ4n) is 1.07. The molecule has 0 unspecified atom stereocenters. The van der Waals surface area contributed by atoms with Gasteiger partial charge in [-0.15, -0.1) is 0 Å². The molecule has 0 saturated carbocycles. The van der Waals surface area contributed by atoms with Crippen molar-refractivity contribution < 1.29 is 14.8 Å². The van der Waals surface area contributed by atoms with Crippen LogP contribution in [-0.4, -0.2) is 16.0 Å². The third-order valence-electron chi connectivity index (χ3n) is 1.59. The molecule has 0 saturated heterocycles. The van der Waals surface area contributed by atoms with Crippen molar-refractivity contribution in [1.82, 2.24) is 0 Å². The molecule has 0 spiro atoms. The number of para-hydroxylation sites is 1. The van der Waals surface area contributed by atoms with Crippen LogP contribution < -0.4 is 0 Å². The van der Waals surface area contributed by atoms with E-state index in [9.17, 15) is 14.9 Å². The lowest BCUT2D eigenvalue weighted by Crippen LogP contribution is -2.04. The molecule has 0 heterocycles. The highest BCUT2D eigenvalue weighted by molar-refractivity contribution is 14.1. The van der Waals surface area contributed by atoms with Crippen molar-refractivity contribution >= 4 is 34.2 Å². The number of halogens is 1. The normalized spacial score (nSPS) is 9.79. The van der Waals surface area contributed by atoms with E-state index in [1.165, 1.54) is 6.07 Å². The van der Waals surface area contributed by atoms with Gasteiger partial charge in [-0.05, 0) is 28.7 Å². The summed E-state index contributed by atoms with van der Waals surface area (Å²) in [5, 5.41) is 19.2. The number of rotatable bonds is 3. The highest BCUT2D eigenvalue weighted by atomic mass is 127. The van der Waals surface area contributed by atoms with Gasteiger partial charge in [0.2, 0.25) is 0 Å². The molecule has 0 bridgehead atoms. The maximum Gasteiger partial charge on any atom is 0.308 e. The Hall–Kier alpha value is -1.18. The summed E-state index contributed by atoms with van der Waals surface area (Å²) in [5.74, 6) is -1.07. The van der Waals surface area contributed by atoms with E-state index < -0.39 is 10.9 Å². The average Bonchev–Trinajstić information content (AvgIpc) is 2.01. The van der Waals surface area contributed by atoms with Crippen LogP contribution in [0.4, 0.5) is 5.69 Å². The second-order valence-corrected chi connectivity index (χ2v) is 3.74. The van der Waals surface area contributed by atoms with Crippen molar-refractivity contribution in [2.24, 2.45) is 0 Å². The molecule has 0 amide bonds. The fraction of sp³-hybridized carbons (Fsp3) is 0.125. The Labute approximate surface area is 93.0 Å².